The second-order valence-electron chi connectivity index (χ2n) is 6.03. The molecule has 0 saturated carbocycles. The van der Waals surface area contributed by atoms with Crippen LogP contribution in [-0.2, 0) is 9.57 Å². The summed E-state index contributed by atoms with van der Waals surface area (Å²) in [6.07, 6.45) is 1.15. The zero-order valence-corrected chi connectivity index (χ0v) is 12.7. The number of quaternary nitrogens is 1. The van der Waals surface area contributed by atoms with Gasteiger partial charge in [-0.2, -0.15) is 9.86 Å². The van der Waals surface area contributed by atoms with Crippen LogP contribution in [0, 0.1) is 0 Å². The van der Waals surface area contributed by atoms with Crippen molar-refractivity contribution in [3.05, 3.63) is 0 Å². The van der Waals surface area contributed by atoms with E-state index in [0.717, 1.165) is 17.9 Å². The summed E-state index contributed by atoms with van der Waals surface area (Å²) in [5.74, 6) is 0. The molecule has 1 fully saturated rings. The van der Waals surface area contributed by atoms with Crippen molar-refractivity contribution in [1.29, 1.82) is 0 Å². The molecule has 3 amide bonds. The Labute approximate surface area is 114 Å². The van der Waals surface area contributed by atoms with E-state index in [9.17, 15) is 9.59 Å². The Morgan fingerprint density at radius 2 is 1.89 bits per heavy atom. The summed E-state index contributed by atoms with van der Waals surface area (Å²) >= 11 is 0. The molecule has 1 heterocycles. The number of ether oxygens (including phenoxy) is 1. The normalized spacial score (nSPS) is 27.2. The molecule has 1 aliphatic heterocycles. The van der Waals surface area contributed by atoms with Gasteiger partial charge in [-0.25, -0.2) is 4.79 Å². The Hall–Kier alpha value is -1.14. The molecule has 1 rings (SSSR count). The maximum atomic E-state index is 12.5. The molecule has 0 aromatic rings. The van der Waals surface area contributed by atoms with Gasteiger partial charge in [0, 0.05) is 19.9 Å². The van der Waals surface area contributed by atoms with Crippen molar-refractivity contribution in [2.75, 3.05) is 20.7 Å². The average molecular weight is 273 g/mol. The fraction of sp³-hybridized carbons (Fsp3) is 0.846. The van der Waals surface area contributed by atoms with Crippen molar-refractivity contribution in [2.45, 2.75) is 52.2 Å². The lowest BCUT2D eigenvalue weighted by Gasteiger charge is -2.35. The SMILES string of the molecule is CON(C)C(=O)[N+]1(C(=O)OC(C)(C)C)CCC[C@H]1C. The van der Waals surface area contributed by atoms with Crippen LogP contribution in [0.5, 0.6) is 0 Å². The van der Waals surface area contributed by atoms with E-state index in [0.29, 0.717) is 6.54 Å². The Kier molecular flexibility index (Phi) is 4.58. The Morgan fingerprint density at radius 1 is 1.32 bits per heavy atom. The third-order valence-electron chi connectivity index (χ3n) is 3.49. The molecule has 0 aliphatic carbocycles. The van der Waals surface area contributed by atoms with E-state index in [1.165, 1.54) is 14.2 Å². The molecule has 6 nitrogen and oxygen atoms in total. The van der Waals surface area contributed by atoms with E-state index in [4.69, 9.17) is 9.57 Å². The van der Waals surface area contributed by atoms with Crippen molar-refractivity contribution in [2.24, 2.45) is 0 Å². The van der Waals surface area contributed by atoms with Crippen LogP contribution in [-0.4, -0.2) is 54.0 Å². The van der Waals surface area contributed by atoms with Gasteiger partial charge in [0.2, 0.25) is 0 Å². The van der Waals surface area contributed by atoms with Crippen molar-refractivity contribution in [3.63, 3.8) is 0 Å². The minimum absolute atomic E-state index is 0.0973. The van der Waals surface area contributed by atoms with Crippen molar-refractivity contribution in [1.82, 2.24) is 5.06 Å². The first kappa shape index (κ1) is 15.9. The predicted molar refractivity (Wildman–Crippen MR) is 70.2 cm³/mol. The van der Waals surface area contributed by atoms with E-state index >= 15 is 0 Å². The summed E-state index contributed by atoms with van der Waals surface area (Å²) < 4.78 is 5.12. The van der Waals surface area contributed by atoms with E-state index in [1.807, 2.05) is 6.92 Å². The summed E-state index contributed by atoms with van der Waals surface area (Å²) in [4.78, 5) is 29.9. The molecule has 110 valence electrons. The average Bonchev–Trinajstić information content (AvgIpc) is 2.67. The molecule has 0 aromatic heterocycles. The number of amides is 3. The highest BCUT2D eigenvalue weighted by Crippen LogP contribution is 2.31. The van der Waals surface area contributed by atoms with Gasteiger partial charge in [0.25, 0.3) is 0 Å². The van der Waals surface area contributed by atoms with Gasteiger partial charge in [-0.05, 0) is 27.7 Å². The molecule has 1 aliphatic rings. The number of hydrogen-bond acceptors (Lipinski definition) is 4. The Bertz CT molecular complexity index is 364. The molecule has 0 spiro atoms. The molecule has 1 saturated heterocycles. The summed E-state index contributed by atoms with van der Waals surface area (Å²) in [7, 11) is 2.92. The number of carbonyl (C=O) groups is 2. The first-order valence-electron chi connectivity index (χ1n) is 6.59. The number of hydrogen-bond donors (Lipinski definition) is 0. The molecule has 0 aromatic carbocycles. The van der Waals surface area contributed by atoms with Gasteiger partial charge >= 0.3 is 12.1 Å². The first-order chi connectivity index (χ1) is 8.65. The fourth-order valence-electron chi connectivity index (χ4n) is 2.38. The first-order valence-corrected chi connectivity index (χ1v) is 6.59. The molecule has 6 heteroatoms. The number of hydroxylamine groups is 2. The van der Waals surface area contributed by atoms with Gasteiger partial charge in [0.1, 0.15) is 11.6 Å². The van der Waals surface area contributed by atoms with E-state index in [1.54, 1.807) is 20.8 Å². The lowest BCUT2D eigenvalue weighted by molar-refractivity contribution is -0.795. The smallest absolute Gasteiger partial charge is 0.414 e. The minimum atomic E-state index is -0.615. The van der Waals surface area contributed by atoms with Crippen LogP contribution < -0.4 is 0 Å². The topological polar surface area (TPSA) is 55.8 Å². The largest absolute Gasteiger partial charge is 0.526 e. The van der Waals surface area contributed by atoms with Crippen molar-refractivity contribution >= 4 is 12.1 Å². The lowest BCUT2D eigenvalue weighted by atomic mass is 10.2. The van der Waals surface area contributed by atoms with Gasteiger partial charge in [-0.3, -0.25) is 4.84 Å². The second kappa shape index (κ2) is 5.46. The van der Waals surface area contributed by atoms with Gasteiger partial charge in [0.05, 0.1) is 13.7 Å². The van der Waals surface area contributed by atoms with Gasteiger partial charge in [0.15, 0.2) is 0 Å². The lowest BCUT2D eigenvalue weighted by Crippen LogP contribution is -2.63. The van der Waals surface area contributed by atoms with E-state index in [2.05, 4.69) is 0 Å². The molecule has 0 radical (unpaired) electrons. The molecule has 1 unspecified atom stereocenters. The van der Waals surface area contributed by atoms with Crippen molar-refractivity contribution < 1.29 is 23.6 Å². The maximum absolute atomic E-state index is 12.5. The Morgan fingerprint density at radius 3 is 2.26 bits per heavy atom. The number of urea groups is 1. The molecule has 19 heavy (non-hydrogen) atoms. The quantitative estimate of drug-likeness (QED) is 0.544. The highest BCUT2D eigenvalue weighted by Gasteiger charge is 2.56. The van der Waals surface area contributed by atoms with Crippen LogP contribution in [0.4, 0.5) is 9.59 Å². The highest BCUT2D eigenvalue weighted by molar-refractivity contribution is 5.80. The van der Waals surface area contributed by atoms with E-state index in [-0.39, 0.29) is 16.6 Å². The molecular formula is C13H25N2O4+. The van der Waals surface area contributed by atoms with Crippen molar-refractivity contribution in [3.8, 4) is 0 Å². The number of nitrogens with zero attached hydrogens (tertiary/aromatic N) is 2. The Balaban J connectivity index is 3.08. The zero-order chi connectivity index (χ0) is 14.8. The molecule has 0 N–H and O–H groups in total. The fourth-order valence-corrected chi connectivity index (χ4v) is 2.38. The standard InChI is InChI=1S/C13H25N2O4/c1-10-8-7-9-15(10,11(16)14(5)18-6)12(17)19-13(2,3)4/h10H,7-9H2,1-6H3/q+1/t10-,15?/m1/s1. The molecule has 0 bridgehead atoms. The van der Waals surface area contributed by atoms with Crippen LogP contribution in [0.1, 0.15) is 40.5 Å². The minimum Gasteiger partial charge on any atom is -0.414 e. The van der Waals surface area contributed by atoms with Crippen LogP contribution in [0.3, 0.4) is 0 Å². The molecule has 2 atom stereocenters. The number of likely N-dealkylation sites (tertiary alicyclic amines) is 1. The maximum Gasteiger partial charge on any atom is 0.526 e. The van der Waals surface area contributed by atoms with Crippen LogP contribution >= 0.6 is 0 Å². The van der Waals surface area contributed by atoms with Gasteiger partial charge < -0.3 is 4.74 Å². The summed E-state index contributed by atoms with van der Waals surface area (Å²) in [5.41, 5.74) is -0.615. The van der Waals surface area contributed by atoms with Gasteiger partial charge in [-0.1, -0.05) is 0 Å². The van der Waals surface area contributed by atoms with E-state index < -0.39 is 11.7 Å². The zero-order valence-electron chi connectivity index (χ0n) is 12.7. The van der Waals surface area contributed by atoms with Crippen LogP contribution in [0.2, 0.25) is 0 Å². The second-order valence-corrected chi connectivity index (χ2v) is 6.03. The third-order valence-corrected chi connectivity index (χ3v) is 3.49. The third kappa shape index (κ3) is 3.06. The number of carbonyl (C=O) groups excluding carboxylic acids is 2. The van der Waals surface area contributed by atoms with Crippen LogP contribution in [0.25, 0.3) is 0 Å². The van der Waals surface area contributed by atoms with Gasteiger partial charge in [-0.15, -0.1) is 4.48 Å². The van der Waals surface area contributed by atoms with Crippen LogP contribution in [0.15, 0.2) is 0 Å². The summed E-state index contributed by atoms with van der Waals surface area (Å²) in [5, 5.41) is 1.10. The summed E-state index contributed by atoms with van der Waals surface area (Å²) in [6.45, 7) is 7.76. The molecular weight excluding hydrogens is 248 g/mol. The predicted octanol–water partition coefficient (Wildman–Crippen LogP) is 2.53. The summed E-state index contributed by atoms with van der Waals surface area (Å²) in [6, 6.07) is -0.471. The number of imide groups is 1. The number of rotatable bonds is 1. The highest BCUT2D eigenvalue weighted by atomic mass is 16.7. The monoisotopic (exact) mass is 273 g/mol.